The molecule has 1 N–H and O–H groups in total. The van der Waals surface area contributed by atoms with Crippen molar-refractivity contribution in [3.8, 4) is 0 Å². The van der Waals surface area contributed by atoms with Crippen LogP contribution in [0.2, 0.25) is 0 Å². The van der Waals surface area contributed by atoms with Gasteiger partial charge in [0.25, 0.3) is 0 Å². The zero-order valence-corrected chi connectivity index (χ0v) is 11.2. The molecule has 0 aliphatic carbocycles. The highest BCUT2D eigenvalue weighted by atomic mass is 32.2. The van der Waals surface area contributed by atoms with Gasteiger partial charge in [-0.2, -0.15) is 0 Å². The predicted octanol–water partition coefficient (Wildman–Crippen LogP) is -0.516. The number of hydrogen-bond acceptors (Lipinski definition) is 5. The van der Waals surface area contributed by atoms with E-state index in [4.69, 9.17) is 4.74 Å². The van der Waals surface area contributed by atoms with Crippen LogP contribution >= 0.6 is 0 Å². The zero-order valence-electron chi connectivity index (χ0n) is 10.4. The Bertz CT molecular complexity index is 345. The fraction of sp³-hybridized carbons (Fsp3) is 1.00. The Morgan fingerprint density at radius 2 is 2.29 bits per heavy atom. The molecule has 6 heteroatoms. The summed E-state index contributed by atoms with van der Waals surface area (Å²) in [6.45, 7) is 6.69. The lowest BCUT2D eigenvalue weighted by Crippen LogP contribution is -2.45. The number of rotatable bonds is 4. The van der Waals surface area contributed by atoms with Crippen LogP contribution < -0.4 is 5.32 Å². The van der Waals surface area contributed by atoms with E-state index >= 15 is 0 Å². The maximum atomic E-state index is 11.3. The average Bonchev–Trinajstić information content (AvgIpc) is 2.58. The highest BCUT2D eigenvalue weighted by Crippen LogP contribution is 2.11. The second-order valence-electron chi connectivity index (χ2n) is 5.04. The third-order valence-electron chi connectivity index (χ3n) is 3.42. The topological polar surface area (TPSA) is 58.6 Å². The Morgan fingerprint density at radius 1 is 1.47 bits per heavy atom. The molecule has 2 heterocycles. The first kappa shape index (κ1) is 13.3. The van der Waals surface area contributed by atoms with Gasteiger partial charge in [0.15, 0.2) is 9.84 Å². The van der Waals surface area contributed by atoms with Crippen molar-refractivity contribution in [3.05, 3.63) is 0 Å². The number of nitrogens with zero attached hydrogens (tertiary/aromatic N) is 1. The molecule has 2 rings (SSSR count). The lowest BCUT2D eigenvalue weighted by molar-refractivity contribution is -0.0177. The van der Waals surface area contributed by atoms with Gasteiger partial charge in [0.1, 0.15) is 0 Å². The first-order valence-corrected chi connectivity index (χ1v) is 8.15. The maximum absolute atomic E-state index is 11.3. The van der Waals surface area contributed by atoms with Crippen LogP contribution in [-0.2, 0) is 14.6 Å². The molecule has 2 aliphatic heterocycles. The summed E-state index contributed by atoms with van der Waals surface area (Å²) in [5.74, 6) is 0.659. The number of nitrogens with one attached hydrogen (secondary N) is 1. The normalized spacial score (nSPS) is 33.9. The molecule has 0 spiro atoms. The Balaban J connectivity index is 1.63. The molecule has 0 bridgehead atoms. The van der Waals surface area contributed by atoms with Crippen molar-refractivity contribution in [3.63, 3.8) is 0 Å². The standard InChI is InChI=1S/C11H22N2O3S/c1-10-8-13(5-6-16-10)4-3-12-11-2-7-17(14,15)9-11/h10-12H,2-9H2,1H3. The second-order valence-corrected chi connectivity index (χ2v) is 7.26. The van der Waals surface area contributed by atoms with Gasteiger partial charge >= 0.3 is 0 Å². The van der Waals surface area contributed by atoms with Crippen molar-refractivity contribution in [2.24, 2.45) is 0 Å². The molecule has 5 nitrogen and oxygen atoms in total. The predicted molar refractivity (Wildman–Crippen MR) is 66.9 cm³/mol. The fourth-order valence-corrected chi connectivity index (χ4v) is 4.18. The minimum absolute atomic E-state index is 0.165. The van der Waals surface area contributed by atoms with Crippen molar-refractivity contribution in [1.29, 1.82) is 0 Å². The van der Waals surface area contributed by atoms with Crippen LogP contribution in [0, 0.1) is 0 Å². The van der Waals surface area contributed by atoms with Gasteiger partial charge in [0, 0.05) is 32.2 Å². The number of morpholine rings is 1. The van der Waals surface area contributed by atoms with Gasteiger partial charge in [-0.3, -0.25) is 4.90 Å². The summed E-state index contributed by atoms with van der Waals surface area (Å²) in [5.41, 5.74) is 0. The van der Waals surface area contributed by atoms with Crippen LogP contribution in [0.15, 0.2) is 0 Å². The van der Waals surface area contributed by atoms with Crippen LogP contribution in [0.5, 0.6) is 0 Å². The SMILES string of the molecule is CC1CN(CCNC2CCS(=O)(=O)C2)CCO1. The van der Waals surface area contributed by atoms with Crippen LogP contribution in [0.3, 0.4) is 0 Å². The first-order chi connectivity index (χ1) is 8.05. The summed E-state index contributed by atoms with van der Waals surface area (Å²) in [4.78, 5) is 2.37. The van der Waals surface area contributed by atoms with Crippen LogP contribution in [0.25, 0.3) is 0 Å². The molecule has 2 saturated heterocycles. The molecule has 0 aromatic rings. The van der Waals surface area contributed by atoms with E-state index in [1.54, 1.807) is 0 Å². The van der Waals surface area contributed by atoms with Crippen molar-refractivity contribution < 1.29 is 13.2 Å². The van der Waals surface area contributed by atoms with E-state index < -0.39 is 9.84 Å². The molecule has 0 aromatic heterocycles. The van der Waals surface area contributed by atoms with Gasteiger partial charge in [0.2, 0.25) is 0 Å². The van der Waals surface area contributed by atoms with Crippen molar-refractivity contribution in [2.45, 2.75) is 25.5 Å². The monoisotopic (exact) mass is 262 g/mol. The quantitative estimate of drug-likeness (QED) is 0.739. The smallest absolute Gasteiger partial charge is 0.151 e. The van der Waals surface area contributed by atoms with Gasteiger partial charge in [-0.05, 0) is 13.3 Å². The maximum Gasteiger partial charge on any atom is 0.151 e. The third-order valence-corrected chi connectivity index (χ3v) is 5.19. The van der Waals surface area contributed by atoms with Crippen LogP contribution in [0.4, 0.5) is 0 Å². The number of hydrogen-bond donors (Lipinski definition) is 1. The summed E-state index contributed by atoms with van der Waals surface area (Å²) in [5, 5.41) is 3.34. The highest BCUT2D eigenvalue weighted by molar-refractivity contribution is 7.91. The molecule has 0 saturated carbocycles. The molecule has 2 atom stereocenters. The molecular formula is C11H22N2O3S. The first-order valence-electron chi connectivity index (χ1n) is 6.33. The van der Waals surface area contributed by atoms with Gasteiger partial charge in [-0.1, -0.05) is 0 Å². The van der Waals surface area contributed by atoms with E-state index in [2.05, 4.69) is 17.1 Å². The Hall–Kier alpha value is -0.170. The average molecular weight is 262 g/mol. The Morgan fingerprint density at radius 3 is 2.94 bits per heavy atom. The molecule has 2 fully saturated rings. The summed E-state index contributed by atoms with van der Waals surface area (Å²) in [6, 6.07) is 0.165. The minimum atomic E-state index is -2.76. The second kappa shape index (κ2) is 5.65. The highest BCUT2D eigenvalue weighted by Gasteiger charge is 2.27. The van der Waals surface area contributed by atoms with Gasteiger partial charge in [-0.25, -0.2) is 8.42 Å². The molecule has 0 aromatic carbocycles. The number of sulfone groups is 1. The molecule has 2 unspecified atom stereocenters. The number of ether oxygens (including phenoxy) is 1. The van der Waals surface area contributed by atoms with E-state index in [1.165, 1.54) is 0 Å². The summed E-state index contributed by atoms with van der Waals surface area (Å²) in [6.07, 6.45) is 1.08. The summed E-state index contributed by atoms with van der Waals surface area (Å²) >= 11 is 0. The van der Waals surface area contributed by atoms with Gasteiger partial charge in [0.05, 0.1) is 24.2 Å². The molecule has 0 amide bonds. The van der Waals surface area contributed by atoms with E-state index in [0.717, 1.165) is 39.2 Å². The molecule has 0 radical (unpaired) electrons. The van der Waals surface area contributed by atoms with E-state index in [9.17, 15) is 8.42 Å². The Kier molecular flexibility index (Phi) is 4.41. The molecular weight excluding hydrogens is 240 g/mol. The van der Waals surface area contributed by atoms with E-state index in [1.807, 2.05) is 0 Å². The van der Waals surface area contributed by atoms with Gasteiger partial charge in [-0.15, -0.1) is 0 Å². The van der Waals surface area contributed by atoms with Crippen molar-refractivity contribution >= 4 is 9.84 Å². The largest absolute Gasteiger partial charge is 0.376 e. The fourth-order valence-electron chi connectivity index (χ4n) is 2.48. The van der Waals surface area contributed by atoms with Crippen molar-refractivity contribution in [2.75, 3.05) is 44.3 Å². The van der Waals surface area contributed by atoms with Crippen molar-refractivity contribution in [1.82, 2.24) is 10.2 Å². The molecule has 2 aliphatic rings. The van der Waals surface area contributed by atoms with Gasteiger partial charge < -0.3 is 10.1 Å². The summed E-state index contributed by atoms with van der Waals surface area (Å²) < 4.78 is 28.0. The van der Waals surface area contributed by atoms with E-state index in [-0.39, 0.29) is 6.04 Å². The Labute approximate surface area is 103 Å². The van der Waals surface area contributed by atoms with Crippen LogP contribution in [0.1, 0.15) is 13.3 Å². The lowest BCUT2D eigenvalue weighted by atomic mass is 10.2. The third kappa shape index (κ3) is 4.21. The molecule has 17 heavy (non-hydrogen) atoms. The lowest BCUT2D eigenvalue weighted by Gasteiger charge is -2.31. The minimum Gasteiger partial charge on any atom is -0.376 e. The zero-order chi connectivity index (χ0) is 12.3. The van der Waals surface area contributed by atoms with Crippen LogP contribution in [-0.4, -0.2) is 69.8 Å². The molecule has 100 valence electrons. The van der Waals surface area contributed by atoms with E-state index in [0.29, 0.717) is 17.6 Å². The summed E-state index contributed by atoms with van der Waals surface area (Å²) in [7, 11) is -2.76.